The van der Waals surface area contributed by atoms with Gasteiger partial charge in [-0.2, -0.15) is 4.98 Å². The Balaban J connectivity index is 1.91. The summed E-state index contributed by atoms with van der Waals surface area (Å²) in [6, 6.07) is 9.00. The summed E-state index contributed by atoms with van der Waals surface area (Å²) in [6.45, 7) is 3.04. The number of ether oxygens (including phenoxy) is 2. The van der Waals surface area contributed by atoms with Gasteiger partial charge in [0.2, 0.25) is 5.88 Å². The van der Waals surface area contributed by atoms with Gasteiger partial charge in [-0.1, -0.05) is 12.1 Å². The van der Waals surface area contributed by atoms with Crippen LogP contribution in [-0.4, -0.2) is 57.8 Å². The Morgan fingerprint density at radius 1 is 1.26 bits per heavy atom. The molecule has 0 bridgehead atoms. The van der Waals surface area contributed by atoms with E-state index in [2.05, 4.69) is 9.97 Å². The number of hydrogen-bond donors (Lipinski definition) is 1. The molecule has 27 heavy (non-hydrogen) atoms. The average molecular weight is 370 g/mol. The largest absolute Gasteiger partial charge is 0.477 e. The maximum absolute atomic E-state index is 11.4. The van der Waals surface area contributed by atoms with E-state index in [0.717, 1.165) is 11.9 Å². The predicted octanol–water partition coefficient (Wildman–Crippen LogP) is 2.71. The number of carboxylic acids is 1. The van der Waals surface area contributed by atoms with Gasteiger partial charge < -0.3 is 24.0 Å². The Bertz CT molecular complexity index is 981. The zero-order valence-electron chi connectivity index (χ0n) is 15.8. The number of nitrogens with zero attached hydrogens (tertiary/aromatic N) is 4. The highest BCUT2D eigenvalue weighted by Gasteiger charge is 2.16. The summed E-state index contributed by atoms with van der Waals surface area (Å²) >= 11 is 0. The van der Waals surface area contributed by atoms with E-state index in [9.17, 15) is 9.90 Å². The molecule has 0 aliphatic heterocycles. The first-order chi connectivity index (χ1) is 12.8. The van der Waals surface area contributed by atoms with Crippen molar-refractivity contribution >= 4 is 16.9 Å². The Labute approximate surface area is 157 Å². The van der Waals surface area contributed by atoms with Crippen LogP contribution in [-0.2, 0) is 7.05 Å². The van der Waals surface area contributed by atoms with E-state index in [1.54, 1.807) is 29.8 Å². The molecule has 2 heterocycles. The molecule has 0 aliphatic rings. The van der Waals surface area contributed by atoms with E-state index in [1.165, 1.54) is 0 Å². The molecule has 0 saturated heterocycles. The van der Waals surface area contributed by atoms with E-state index in [0.29, 0.717) is 29.4 Å². The number of para-hydroxylation sites is 1. The van der Waals surface area contributed by atoms with Crippen LogP contribution in [0.25, 0.3) is 10.9 Å². The molecular weight excluding hydrogens is 348 g/mol. The van der Waals surface area contributed by atoms with Crippen LogP contribution in [0, 0.1) is 6.92 Å². The first kappa shape index (κ1) is 18.7. The van der Waals surface area contributed by atoms with Crippen LogP contribution in [0.3, 0.4) is 0 Å². The van der Waals surface area contributed by atoms with Crippen LogP contribution in [0.15, 0.2) is 30.3 Å². The highest BCUT2D eigenvalue weighted by Crippen LogP contribution is 2.31. The second-order valence-corrected chi connectivity index (χ2v) is 6.47. The van der Waals surface area contributed by atoms with Crippen molar-refractivity contribution in [2.45, 2.75) is 6.92 Å². The molecule has 3 aromatic rings. The number of carboxylic acid groups (broad SMARTS) is 1. The lowest BCUT2D eigenvalue weighted by molar-refractivity contribution is 0.0687. The molecule has 1 aromatic carbocycles. The summed E-state index contributed by atoms with van der Waals surface area (Å²) in [5, 5.41) is 10.1. The fraction of sp³-hybridized carbons (Fsp3) is 0.316. The number of hydrogen-bond acceptors (Lipinski definition) is 6. The van der Waals surface area contributed by atoms with Gasteiger partial charge in [-0.3, -0.25) is 0 Å². The summed E-state index contributed by atoms with van der Waals surface area (Å²) in [7, 11) is 5.61. The zero-order valence-corrected chi connectivity index (χ0v) is 15.8. The van der Waals surface area contributed by atoms with Gasteiger partial charge in [0, 0.05) is 30.7 Å². The maximum atomic E-state index is 11.4. The second kappa shape index (κ2) is 7.63. The van der Waals surface area contributed by atoms with Gasteiger partial charge in [0.05, 0.1) is 5.52 Å². The van der Waals surface area contributed by atoms with Gasteiger partial charge in [-0.25, -0.2) is 9.78 Å². The standard InChI is InChI=1S/C19H22N4O4/c1-12-10-16(21-19(20-12)26-9-8-22(2)3)27-15-7-5-6-13-11-14(18(24)25)23(4)17(13)15/h5-7,10-11H,8-9H2,1-4H3,(H,24,25). The van der Waals surface area contributed by atoms with E-state index in [1.807, 2.05) is 38.1 Å². The second-order valence-electron chi connectivity index (χ2n) is 6.47. The van der Waals surface area contributed by atoms with Crippen LogP contribution in [0.4, 0.5) is 0 Å². The van der Waals surface area contributed by atoms with Gasteiger partial charge in [0.15, 0.2) is 5.75 Å². The molecule has 3 rings (SSSR count). The summed E-state index contributed by atoms with van der Waals surface area (Å²) in [5.41, 5.74) is 1.58. The first-order valence-corrected chi connectivity index (χ1v) is 8.48. The van der Waals surface area contributed by atoms with Crippen LogP contribution < -0.4 is 9.47 Å². The topological polar surface area (TPSA) is 89.7 Å². The first-order valence-electron chi connectivity index (χ1n) is 8.48. The Morgan fingerprint density at radius 2 is 2.04 bits per heavy atom. The van der Waals surface area contributed by atoms with Gasteiger partial charge in [-0.15, -0.1) is 0 Å². The Kier molecular flexibility index (Phi) is 5.27. The lowest BCUT2D eigenvalue weighted by Gasteiger charge is -2.12. The Hall–Kier alpha value is -3.13. The molecule has 0 saturated carbocycles. The summed E-state index contributed by atoms with van der Waals surface area (Å²) in [6.07, 6.45) is 0. The molecule has 0 spiro atoms. The molecule has 0 radical (unpaired) electrons. The minimum atomic E-state index is -0.992. The van der Waals surface area contributed by atoms with E-state index in [-0.39, 0.29) is 11.7 Å². The number of aromatic carboxylic acids is 1. The molecule has 0 fully saturated rings. The third kappa shape index (κ3) is 4.17. The molecule has 142 valence electrons. The highest BCUT2D eigenvalue weighted by atomic mass is 16.5. The van der Waals surface area contributed by atoms with Crippen LogP contribution >= 0.6 is 0 Å². The lowest BCUT2D eigenvalue weighted by atomic mass is 10.2. The molecule has 1 N–H and O–H groups in total. The van der Waals surface area contributed by atoms with E-state index < -0.39 is 5.97 Å². The molecule has 0 atom stereocenters. The number of fused-ring (bicyclic) bond motifs is 1. The molecule has 8 heteroatoms. The molecule has 0 unspecified atom stereocenters. The summed E-state index contributed by atoms with van der Waals surface area (Å²) in [4.78, 5) is 22.0. The maximum Gasteiger partial charge on any atom is 0.352 e. The number of benzene rings is 1. The summed E-state index contributed by atoms with van der Waals surface area (Å²) in [5.74, 6) is -0.137. The number of aryl methyl sites for hydroxylation is 2. The number of aromatic nitrogens is 3. The molecule has 0 aliphatic carbocycles. The third-order valence-corrected chi connectivity index (χ3v) is 4.03. The van der Waals surface area contributed by atoms with Crippen molar-refractivity contribution in [1.29, 1.82) is 0 Å². The smallest absolute Gasteiger partial charge is 0.352 e. The van der Waals surface area contributed by atoms with Crippen molar-refractivity contribution in [3.63, 3.8) is 0 Å². The van der Waals surface area contributed by atoms with Crippen LogP contribution in [0.2, 0.25) is 0 Å². The SMILES string of the molecule is Cc1cc(Oc2cccc3cc(C(=O)O)n(C)c23)nc(OCCN(C)C)n1. The predicted molar refractivity (Wildman–Crippen MR) is 101 cm³/mol. The van der Waals surface area contributed by atoms with Crippen molar-refractivity contribution in [3.8, 4) is 17.6 Å². The lowest BCUT2D eigenvalue weighted by Crippen LogP contribution is -2.20. The fourth-order valence-electron chi connectivity index (χ4n) is 2.73. The van der Waals surface area contributed by atoms with Crippen molar-refractivity contribution in [3.05, 3.63) is 41.7 Å². The number of rotatable bonds is 7. The third-order valence-electron chi connectivity index (χ3n) is 4.03. The van der Waals surface area contributed by atoms with Gasteiger partial charge >= 0.3 is 12.0 Å². The zero-order chi connectivity index (χ0) is 19.6. The number of carbonyl (C=O) groups is 1. The van der Waals surface area contributed by atoms with Crippen LogP contribution in [0.5, 0.6) is 17.6 Å². The average Bonchev–Trinajstić information content (AvgIpc) is 2.92. The Morgan fingerprint density at radius 3 is 2.74 bits per heavy atom. The van der Waals surface area contributed by atoms with Gasteiger partial charge in [0.1, 0.15) is 12.3 Å². The minimum Gasteiger partial charge on any atom is -0.477 e. The van der Waals surface area contributed by atoms with Crippen molar-refractivity contribution in [1.82, 2.24) is 19.4 Å². The molecule has 8 nitrogen and oxygen atoms in total. The van der Waals surface area contributed by atoms with Crippen molar-refractivity contribution in [2.75, 3.05) is 27.2 Å². The minimum absolute atomic E-state index is 0.188. The quantitative estimate of drug-likeness (QED) is 0.684. The monoisotopic (exact) mass is 370 g/mol. The molecule has 2 aromatic heterocycles. The van der Waals surface area contributed by atoms with E-state index >= 15 is 0 Å². The van der Waals surface area contributed by atoms with Crippen molar-refractivity contribution < 1.29 is 19.4 Å². The van der Waals surface area contributed by atoms with Gasteiger partial charge in [-0.05, 0) is 33.2 Å². The normalized spacial score (nSPS) is 11.1. The fourth-order valence-corrected chi connectivity index (χ4v) is 2.73. The highest BCUT2D eigenvalue weighted by molar-refractivity contribution is 5.96. The molecule has 0 amide bonds. The van der Waals surface area contributed by atoms with Crippen LogP contribution in [0.1, 0.15) is 16.2 Å². The van der Waals surface area contributed by atoms with Gasteiger partial charge in [0.25, 0.3) is 0 Å². The molecular formula is C19H22N4O4. The van der Waals surface area contributed by atoms with E-state index in [4.69, 9.17) is 9.47 Å². The number of likely N-dealkylation sites (N-methyl/N-ethyl adjacent to an activating group) is 1. The summed E-state index contributed by atoms with van der Waals surface area (Å²) < 4.78 is 13.1. The van der Waals surface area contributed by atoms with Crippen molar-refractivity contribution in [2.24, 2.45) is 7.05 Å².